The van der Waals surface area contributed by atoms with Crippen LogP contribution in [0.3, 0.4) is 0 Å². The van der Waals surface area contributed by atoms with E-state index >= 15 is 0 Å². The quantitative estimate of drug-likeness (QED) is 0.451. The molecule has 0 atom stereocenters. The lowest BCUT2D eigenvalue weighted by molar-refractivity contribution is 0.312. The molecular weight excluding hydrogens is 138 g/mol. The number of allylic oxidation sites excluding steroid dienone is 2. The lowest BCUT2D eigenvalue weighted by Crippen LogP contribution is -2.03. The zero-order valence-electron chi connectivity index (χ0n) is 7.85. The molecule has 0 aromatic heterocycles. The Morgan fingerprint density at radius 2 is 2.09 bits per heavy atom. The van der Waals surface area contributed by atoms with E-state index in [9.17, 15) is 0 Å². The van der Waals surface area contributed by atoms with Crippen LogP contribution in [0.5, 0.6) is 0 Å². The molecule has 0 unspecified atom stereocenters. The molecule has 0 aliphatic rings. The van der Waals surface area contributed by atoms with Gasteiger partial charge in [0.15, 0.2) is 0 Å². The first kappa shape index (κ1) is 10.2. The first-order valence-electron chi connectivity index (χ1n) is 4.00. The second-order valence-electron chi connectivity index (χ2n) is 2.20. The van der Waals surface area contributed by atoms with Crippen molar-refractivity contribution in [2.24, 2.45) is 4.99 Å². The van der Waals surface area contributed by atoms with Gasteiger partial charge in [0.2, 0.25) is 0 Å². The van der Waals surface area contributed by atoms with Gasteiger partial charge in [-0.05, 0) is 18.9 Å². The van der Waals surface area contributed by atoms with Crippen molar-refractivity contribution < 1.29 is 4.74 Å². The number of ether oxygens (including phenoxy) is 1. The van der Waals surface area contributed by atoms with E-state index in [1.165, 1.54) is 0 Å². The SMILES string of the molecule is CC/C=C(OC)\C(CC)=N\C. The summed E-state index contributed by atoms with van der Waals surface area (Å²) in [5, 5.41) is 0. The summed E-state index contributed by atoms with van der Waals surface area (Å²) in [6.07, 6.45) is 3.96. The van der Waals surface area contributed by atoms with Crippen LogP contribution in [0, 0.1) is 0 Å². The molecule has 0 fully saturated rings. The molecule has 0 aliphatic heterocycles. The molecule has 0 rings (SSSR count). The minimum absolute atomic E-state index is 0.914. The molecule has 0 aliphatic carbocycles. The maximum absolute atomic E-state index is 5.16. The Morgan fingerprint density at radius 3 is 2.36 bits per heavy atom. The van der Waals surface area contributed by atoms with Gasteiger partial charge in [-0.15, -0.1) is 0 Å². The number of rotatable bonds is 4. The fraction of sp³-hybridized carbons (Fsp3) is 0.667. The molecular formula is C9H17NO. The van der Waals surface area contributed by atoms with Crippen molar-refractivity contribution >= 4 is 5.71 Å². The summed E-state index contributed by atoms with van der Waals surface area (Å²) < 4.78 is 5.16. The first-order chi connectivity index (χ1) is 5.29. The van der Waals surface area contributed by atoms with Gasteiger partial charge in [0.05, 0.1) is 12.8 Å². The molecule has 0 spiro atoms. The molecule has 2 heteroatoms. The van der Waals surface area contributed by atoms with Crippen molar-refractivity contribution in [1.82, 2.24) is 0 Å². The van der Waals surface area contributed by atoms with Crippen molar-refractivity contribution in [3.05, 3.63) is 11.8 Å². The van der Waals surface area contributed by atoms with E-state index in [-0.39, 0.29) is 0 Å². The summed E-state index contributed by atoms with van der Waals surface area (Å²) >= 11 is 0. The summed E-state index contributed by atoms with van der Waals surface area (Å²) in [6, 6.07) is 0. The highest BCUT2D eigenvalue weighted by Crippen LogP contribution is 2.03. The molecule has 0 aromatic rings. The van der Waals surface area contributed by atoms with E-state index in [0.717, 1.165) is 24.3 Å². The van der Waals surface area contributed by atoms with Crippen molar-refractivity contribution in [2.45, 2.75) is 26.7 Å². The summed E-state index contributed by atoms with van der Waals surface area (Å²) in [5.74, 6) is 0.914. The van der Waals surface area contributed by atoms with Gasteiger partial charge in [0.1, 0.15) is 5.76 Å². The molecule has 0 N–H and O–H groups in total. The van der Waals surface area contributed by atoms with Crippen LogP contribution in [0.15, 0.2) is 16.8 Å². The monoisotopic (exact) mass is 155 g/mol. The first-order valence-corrected chi connectivity index (χ1v) is 4.00. The maximum Gasteiger partial charge on any atom is 0.135 e. The number of hydrogen-bond acceptors (Lipinski definition) is 2. The zero-order chi connectivity index (χ0) is 8.69. The molecule has 0 heterocycles. The molecule has 0 saturated carbocycles. The average Bonchev–Trinajstić information content (AvgIpc) is 2.05. The van der Waals surface area contributed by atoms with E-state index in [0.29, 0.717) is 0 Å². The Balaban J connectivity index is 4.35. The summed E-state index contributed by atoms with van der Waals surface area (Å²) in [4.78, 5) is 4.12. The highest BCUT2D eigenvalue weighted by Gasteiger charge is 2.01. The van der Waals surface area contributed by atoms with Gasteiger partial charge in [-0.3, -0.25) is 4.99 Å². The fourth-order valence-corrected chi connectivity index (χ4v) is 0.947. The van der Waals surface area contributed by atoms with Crippen LogP contribution in [0.1, 0.15) is 26.7 Å². The van der Waals surface area contributed by atoms with Gasteiger partial charge in [-0.2, -0.15) is 0 Å². The molecule has 0 bridgehead atoms. The third-order valence-electron chi connectivity index (χ3n) is 1.50. The van der Waals surface area contributed by atoms with Gasteiger partial charge in [-0.1, -0.05) is 13.8 Å². The van der Waals surface area contributed by atoms with Crippen LogP contribution >= 0.6 is 0 Å². The van der Waals surface area contributed by atoms with Crippen LogP contribution in [0.25, 0.3) is 0 Å². The van der Waals surface area contributed by atoms with Gasteiger partial charge < -0.3 is 4.74 Å². The van der Waals surface area contributed by atoms with Crippen molar-refractivity contribution in [2.75, 3.05) is 14.2 Å². The van der Waals surface area contributed by atoms with Gasteiger partial charge >= 0.3 is 0 Å². The van der Waals surface area contributed by atoms with Crippen molar-refractivity contribution in [3.8, 4) is 0 Å². The normalized spacial score (nSPS) is 13.5. The number of nitrogens with zero attached hydrogens (tertiary/aromatic N) is 1. The Hall–Kier alpha value is -0.790. The Bertz CT molecular complexity index is 159. The fourth-order valence-electron chi connectivity index (χ4n) is 0.947. The van der Waals surface area contributed by atoms with Gasteiger partial charge in [0, 0.05) is 7.05 Å². The minimum Gasteiger partial charge on any atom is -0.495 e. The maximum atomic E-state index is 5.16. The number of hydrogen-bond donors (Lipinski definition) is 0. The predicted molar refractivity (Wildman–Crippen MR) is 49.0 cm³/mol. The van der Waals surface area contributed by atoms with E-state index in [1.807, 2.05) is 6.08 Å². The van der Waals surface area contributed by atoms with Crippen LogP contribution < -0.4 is 0 Å². The Morgan fingerprint density at radius 1 is 1.45 bits per heavy atom. The molecule has 64 valence electrons. The third-order valence-corrected chi connectivity index (χ3v) is 1.50. The highest BCUT2D eigenvalue weighted by atomic mass is 16.5. The lowest BCUT2D eigenvalue weighted by atomic mass is 10.2. The second-order valence-corrected chi connectivity index (χ2v) is 2.20. The number of methoxy groups -OCH3 is 1. The highest BCUT2D eigenvalue weighted by molar-refractivity contribution is 5.98. The van der Waals surface area contributed by atoms with Gasteiger partial charge in [0.25, 0.3) is 0 Å². The molecule has 11 heavy (non-hydrogen) atoms. The smallest absolute Gasteiger partial charge is 0.135 e. The zero-order valence-corrected chi connectivity index (χ0v) is 7.85. The Kier molecular flexibility index (Phi) is 5.53. The van der Waals surface area contributed by atoms with E-state index < -0.39 is 0 Å². The van der Waals surface area contributed by atoms with Crippen molar-refractivity contribution in [1.29, 1.82) is 0 Å². The topological polar surface area (TPSA) is 21.6 Å². The minimum atomic E-state index is 0.914. The molecule has 0 amide bonds. The Labute approximate surface area is 69.0 Å². The summed E-state index contributed by atoms with van der Waals surface area (Å²) in [7, 11) is 3.48. The second kappa shape index (κ2) is 5.96. The third kappa shape index (κ3) is 3.21. The van der Waals surface area contributed by atoms with Crippen LogP contribution in [-0.4, -0.2) is 19.9 Å². The van der Waals surface area contributed by atoms with Crippen LogP contribution in [-0.2, 0) is 4.74 Å². The predicted octanol–water partition coefficient (Wildman–Crippen LogP) is 2.41. The largest absolute Gasteiger partial charge is 0.495 e. The molecule has 0 radical (unpaired) electrons. The van der Waals surface area contributed by atoms with E-state index in [2.05, 4.69) is 18.8 Å². The summed E-state index contributed by atoms with van der Waals surface area (Å²) in [5.41, 5.74) is 1.04. The standard InChI is InChI=1S/C9H17NO/c1-5-7-9(11-4)8(6-2)10-3/h7H,5-6H2,1-4H3/b9-7+,10-8+. The van der Waals surface area contributed by atoms with Crippen molar-refractivity contribution in [3.63, 3.8) is 0 Å². The summed E-state index contributed by atoms with van der Waals surface area (Å²) in [6.45, 7) is 4.16. The molecule has 0 aromatic carbocycles. The van der Waals surface area contributed by atoms with Crippen LogP contribution in [0.2, 0.25) is 0 Å². The van der Waals surface area contributed by atoms with Crippen LogP contribution in [0.4, 0.5) is 0 Å². The van der Waals surface area contributed by atoms with E-state index in [4.69, 9.17) is 4.74 Å². The lowest BCUT2D eigenvalue weighted by Gasteiger charge is -2.06. The van der Waals surface area contributed by atoms with Gasteiger partial charge in [-0.25, -0.2) is 0 Å². The van der Waals surface area contributed by atoms with E-state index in [1.54, 1.807) is 14.2 Å². The average molecular weight is 155 g/mol. The number of aliphatic imine (C=N–C) groups is 1. The molecule has 0 saturated heterocycles. The molecule has 2 nitrogen and oxygen atoms in total.